The fraction of sp³-hybridized carbons (Fsp3) is 0.429. The fourth-order valence-electron chi connectivity index (χ4n) is 0.720. The van der Waals surface area contributed by atoms with E-state index in [1.165, 1.54) is 6.08 Å². The van der Waals surface area contributed by atoms with Crippen LogP contribution in [0.2, 0.25) is 0 Å². The maximum atomic E-state index is 11.0. The monoisotopic (exact) mass is 259 g/mol. The Bertz CT molecular complexity index is 365. The van der Waals surface area contributed by atoms with Gasteiger partial charge in [0.05, 0.1) is 6.42 Å². The first-order valence-corrected chi connectivity index (χ1v) is 5.26. The predicted octanol–water partition coefficient (Wildman–Crippen LogP) is -4.49. The maximum absolute atomic E-state index is 11.0. The largest absolute Gasteiger partial charge is 1.00 e. The van der Waals surface area contributed by atoms with Gasteiger partial charge in [-0.15, -0.1) is 0 Å². The molecule has 0 aromatic carbocycles. The normalized spacial score (nSPS) is 12.1. The number of rotatable bonds is 6. The van der Waals surface area contributed by atoms with Gasteiger partial charge < -0.3 is 15.0 Å². The van der Waals surface area contributed by atoms with Crippen LogP contribution in [-0.2, 0) is 24.4 Å². The van der Waals surface area contributed by atoms with Gasteiger partial charge >= 0.3 is 35.5 Å². The van der Waals surface area contributed by atoms with Crippen molar-refractivity contribution in [3.8, 4) is 0 Å². The van der Waals surface area contributed by atoms with Crippen molar-refractivity contribution in [3.63, 3.8) is 0 Å². The van der Waals surface area contributed by atoms with Crippen LogP contribution in [0, 0.1) is 0 Å². The Morgan fingerprint density at radius 2 is 2.00 bits per heavy atom. The van der Waals surface area contributed by atoms with Crippen LogP contribution in [0.3, 0.4) is 0 Å². The first kappa shape index (κ1) is 18.0. The van der Waals surface area contributed by atoms with Crippen molar-refractivity contribution in [3.05, 3.63) is 12.7 Å². The van der Waals surface area contributed by atoms with Crippen LogP contribution in [-0.4, -0.2) is 36.7 Å². The van der Waals surface area contributed by atoms with Crippen LogP contribution < -0.4 is 35.3 Å². The van der Waals surface area contributed by atoms with Gasteiger partial charge in [-0.1, -0.05) is 12.7 Å². The number of carbonyl (C=O) groups is 2. The second-order valence-corrected chi connectivity index (χ2v) is 4.13. The number of primary amides is 1. The molecule has 7 nitrogen and oxygen atoms in total. The molecule has 1 amide bonds. The molecule has 2 N–H and O–H groups in total. The van der Waals surface area contributed by atoms with Crippen molar-refractivity contribution in [2.24, 2.45) is 5.73 Å². The van der Waals surface area contributed by atoms with Gasteiger partial charge in [0.2, 0.25) is 5.91 Å². The summed E-state index contributed by atoms with van der Waals surface area (Å²) in [6, 6.07) is 0. The fourth-order valence-corrected chi connectivity index (χ4v) is 1.39. The van der Waals surface area contributed by atoms with Crippen LogP contribution in [0.15, 0.2) is 12.7 Å². The number of nitrogens with two attached hydrogens (primary N) is 1. The third kappa shape index (κ3) is 6.96. The molecule has 16 heavy (non-hydrogen) atoms. The molecule has 0 aromatic rings. The Morgan fingerprint density at radius 3 is 2.31 bits per heavy atom. The number of ether oxygens (including phenoxy) is 1. The first-order chi connectivity index (χ1) is 6.79. The van der Waals surface area contributed by atoms with Crippen molar-refractivity contribution in [1.82, 2.24) is 0 Å². The van der Waals surface area contributed by atoms with Gasteiger partial charge in [0.25, 0.3) is 0 Å². The number of amides is 1. The molecule has 0 rings (SSSR count). The molecule has 0 bridgehead atoms. The number of hydrogen-bond donors (Lipinski definition) is 1. The zero-order valence-electron chi connectivity index (χ0n) is 8.71. The van der Waals surface area contributed by atoms with E-state index in [0.717, 1.165) is 0 Å². The van der Waals surface area contributed by atoms with E-state index in [2.05, 4.69) is 17.0 Å². The van der Waals surface area contributed by atoms with Crippen molar-refractivity contribution >= 4 is 22.0 Å². The average molecular weight is 259 g/mol. The Morgan fingerprint density at radius 1 is 1.50 bits per heavy atom. The van der Waals surface area contributed by atoms with Crippen molar-refractivity contribution < 1.29 is 56.9 Å². The third-order valence-corrected chi connectivity index (χ3v) is 2.40. The summed E-state index contributed by atoms with van der Waals surface area (Å²) < 4.78 is 36.1. The summed E-state index contributed by atoms with van der Waals surface area (Å²) in [5, 5.41) is -2.09. The Balaban J connectivity index is 0. The Hall–Kier alpha value is -0.410. The molecule has 0 saturated heterocycles. The van der Waals surface area contributed by atoms with Crippen molar-refractivity contribution in [2.45, 2.75) is 11.7 Å². The average Bonchev–Trinajstić information content (AvgIpc) is 2.08. The van der Waals surface area contributed by atoms with Gasteiger partial charge in [0.1, 0.15) is 16.7 Å². The van der Waals surface area contributed by atoms with Gasteiger partial charge in [-0.05, 0) is 0 Å². The van der Waals surface area contributed by atoms with Gasteiger partial charge in [0.15, 0.2) is 5.25 Å². The van der Waals surface area contributed by atoms with E-state index in [1.54, 1.807) is 0 Å². The second-order valence-electron chi connectivity index (χ2n) is 2.57. The molecular formula is C7H10NNaO6S. The number of esters is 1. The first-order valence-electron chi connectivity index (χ1n) is 3.79. The molecule has 0 spiro atoms. The minimum atomic E-state index is -4.95. The summed E-state index contributed by atoms with van der Waals surface area (Å²) in [5.74, 6) is -2.38. The zero-order valence-corrected chi connectivity index (χ0v) is 11.5. The molecular weight excluding hydrogens is 249 g/mol. The van der Waals surface area contributed by atoms with Gasteiger partial charge in [0, 0.05) is 0 Å². The standard InChI is InChI=1S/C7H11NO6S.Na/c1-2-3-14-7(10)5(4-6(8)9)15(11,12)13;/h2,5H,1,3-4H2,(H2,8,9)(H,11,12,13);/q;+1/p-1. The molecule has 0 aliphatic carbocycles. The molecule has 1 atom stereocenters. The zero-order chi connectivity index (χ0) is 12.1. The molecule has 0 aliphatic heterocycles. The molecule has 0 aromatic heterocycles. The maximum Gasteiger partial charge on any atom is 1.00 e. The van der Waals surface area contributed by atoms with Gasteiger partial charge in [-0.25, -0.2) is 8.42 Å². The van der Waals surface area contributed by atoms with Crippen LogP contribution in [0.4, 0.5) is 0 Å². The third-order valence-electron chi connectivity index (χ3n) is 1.34. The quantitative estimate of drug-likeness (QED) is 0.222. The molecule has 86 valence electrons. The molecule has 0 aliphatic rings. The van der Waals surface area contributed by atoms with Crippen molar-refractivity contribution in [1.29, 1.82) is 0 Å². The van der Waals surface area contributed by atoms with Gasteiger partial charge in [-0.2, -0.15) is 0 Å². The minimum absolute atomic E-state index is 0. The van der Waals surface area contributed by atoms with Crippen LogP contribution in [0.1, 0.15) is 6.42 Å². The number of hydrogen-bond acceptors (Lipinski definition) is 6. The van der Waals surface area contributed by atoms with Gasteiger partial charge in [-0.3, -0.25) is 9.59 Å². The van der Waals surface area contributed by atoms with E-state index < -0.39 is 33.7 Å². The summed E-state index contributed by atoms with van der Waals surface area (Å²) in [6.45, 7) is 2.97. The molecule has 1 unspecified atom stereocenters. The molecule has 0 fully saturated rings. The molecule has 0 radical (unpaired) electrons. The summed E-state index contributed by atoms with van der Waals surface area (Å²) in [7, 11) is -4.95. The summed E-state index contributed by atoms with van der Waals surface area (Å²) in [6.07, 6.45) is 0.304. The summed E-state index contributed by atoms with van der Waals surface area (Å²) >= 11 is 0. The molecule has 0 saturated carbocycles. The molecule has 0 heterocycles. The van der Waals surface area contributed by atoms with E-state index in [9.17, 15) is 22.6 Å². The van der Waals surface area contributed by atoms with Crippen LogP contribution in [0.5, 0.6) is 0 Å². The van der Waals surface area contributed by atoms with Crippen LogP contribution >= 0.6 is 0 Å². The van der Waals surface area contributed by atoms with E-state index >= 15 is 0 Å². The minimum Gasteiger partial charge on any atom is -0.747 e. The smallest absolute Gasteiger partial charge is 0.747 e. The van der Waals surface area contributed by atoms with E-state index in [-0.39, 0.29) is 36.2 Å². The van der Waals surface area contributed by atoms with E-state index in [1.807, 2.05) is 0 Å². The summed E-state index contributed by atoms with van der Waals surface area (Å²) in [5.41, 5.74) is 4.69. The SMILES string of the molecule is C=CCOC(=O)C(CC(N)=O)S(=O)(=O)[O-].[Na+]. The van der Waals surface area contributed by atoms with E-state index in [4.69, 9.17) is 0 Å². The topological polar surface area (TPSA) is 127 Å². The number of carbonyl (C=O) groups excluding carboxylic acids is 2. The molecule has 9 heteroatoms. The van der Waals surface area contributed by atoms with Crippen LogP contribution in [0.25, 0.3) is 0 Å². The summed E-state index contributed by atoms with van der Waals surface area (Å²) in [4.78, 5) is 21.5. The van der Waals surface area contributed by atoms with Crippen molar-refractivity contribution in [2.75, 3.05) is 6.61 Å². The Labute approximate surface area is 115 Å². The predicted molar refractivity (Wildman–Crippen MR) is 48.5 cm³/mol. The van der Waals surface area contributed by atoms with E-state index in [0.29, 0.717) is 0 Å². The Kier molecular flexibility index (Phi) is 8.76. The second kappa shape index (κ2) is 7.80.